The molecule has 15 heavy (non-hydrogen) atoms. The fraction of sp³-hybridized carbons (Fsp3) is 0.700. The summed E-state index contributed by atoms with van der Waals surface area (Å²) in [6.07, 6.45) is 4.76. The van der Waals surface area contributed by atoms with Gasteiger partial charge in [0.25, 0.3) is 0 Å². The molecule has 5 heteroatoms. The molecule has 0 radical (unpaired) electrons. The Balaban J connectivity index is 0.000000151. The van der Waals surface area contributed by atoms with E-state index in [-0.39, 0.29) is 17.7 Å². The van der Waals surface area contributed by atoms with Crippen LogP contribution in [0.5, 0.6) is 0 Å². The first-order valence-corrected chi connectivity index (χ1v) is 5.15. The van der Waals surface area contributed by atoms with Crippen LogP contribution in [0.4, 0.5) is 0 Å². The number of amides is 2. The van der Waals surface area contributed by atoms with Crippen LogP contribution in [0.3, 0.4) is 0 Å². The second-order valence-corrected chi connectivity index (χ2v) is 3.79. The van der Waals surface area contributed by atoms with Crippen molar-refractivity contribution in [3.05, 3.63) is 0 Å². The molecule has 84 valence electrons. The fourth-order valence-electron chi connectivity index (χ4n) is 1.68. The van der Waals surface area contributed by atoms with Gasteiger partial charge in [-0.15, -0.1) is 0 Å². The molecule has 0 bridgehead atoms. The minimum atomic E-state index is -0.609. The molecule has 0 atom stereocenters. The number of rotatable bonds is 1. The summed E-state index contributed by atoms with van der Waals surface area (Å²) in [6, 6.07) is 0. The summed E-state index contributed by atoms with van der Waals surface area (Å²) in [7, 11) is 0. The lowest BCUT2D eigenvalue weighted by atomic mass is 10.1. The third kappa shape index (κ3) is 4.10. The summed E-state index contributed by atoms with van der Waals surface area (Å²) < 4.78 is 0. The van der Waals surface area contributed by atoms with Gasteiger partial charge in [-0.2, -0.15) is 0 Å². The third-order valence-electron chi connectivity index (χ3n) is 2.56. The van der Waals surface area contributed by atoms with Crippen LogP contribution in [-0.4, -0.2) is 22.9 Å². The molecule has 2 amide bonds. The van der Waals surface area contributed by atoms with Gasteiger partial charge in [0.05, 0.1) is 5.92 Å². The maximum absolute atomic E-state index is 10.2. The lowest BCUT2D eigenvalue weighted by Gasteiger charge is -1.97. The molecule has 2 aliphatic rings. The molecule has 0 aromatic rings. The van der Waals surface area contributed by atoms with Crippen LogP contribution in [0.25, 0.3) is 0 Å². The van der Waals surface area contributed by atoms with E-state index in [0.29, 0.717) is 12.8 Å². The minimum Gasteiger partial charge on any atom is -0.481 e. The maximum Gasteiger partial charge on any atom is 0.306 e. The molecule has 2 N–H and O–H groups in total. The standard InChI is InChI=1S/C6H10O2.C4H5NO2/c7-6(8)5-3-1-2-4-5;6-3-1-2-4(7)5-3/h5H,1-4H2,(H,7,8);1-2H2,(H,5,6,7). The Hall–Kier alpha value is -1.39. The minimum absolute atomic E-state index is 0.0185. The van der Waals surface area contributed by atoms with Crippen molar-refractivity contribution in [1.29, 1.82) is 0 Å². The molecule has 1 aliphatic carbocycles. The highest BCUT2D eigenvalue weighted by Crippen LogP contribution is 2.24. The Kier molecular flexibility index (Phi) is 4.27. The van der Waals surface area contributed by atoms with Crippen LogP contribution in [0.15, 0.2) is 0 Å². The van der Waals surface area contributed by atoms with Crippen molar-refractivity contribution in [3.63, 3.8) is 0 Å². The molecular formula is C10H15NO4. The van der Waals surface area contributed by atoms with Gasteiger partial charge in [0.15, 0.2) is 0 Å². The summed E-state index contributed by atoms with van der Waals surface area (Å²) in [5.41, 5.74) is 0. The highest BCUT2D eigenvalue weighted by atomic mass is 16.4. The van der Waals surface area contributed by atoms with Crippen LogP contribution in [0.2, 0.25) is 0 Å². The molecule has 1 aliphatic heterocycles. The quantitative estimate of drug-likeness (QED) is 0.627. The smallest absolute Gasteiger partial charge is 0.306 e. The normalized spacial score (nSPS) is 20.8. The lowest BCUT2D eigenvalue weighted by molar-refractivity contribution is -0.141. The Bertz CT molecular complexity index is 255. The largest absolute Gasteiger partial charge is 0.481 e. The molecular weight excluding hydrogens is 198 g/mol. The van der Waals surface area contributed by atoms with Crippen LogP contribution in [0.1, 0.15) is 38.5 Å². The topological polar surface area (TPSA) is 83.5 Å². The van der Waals surface area contributed by atoms with E-state index in [1.54, 1.807) is 0 Å². The molecule has 0 aromatic heterocycles. The van der Waals surface area contributed by atoms with Crippen molar-refractivity contribution in [1.82, 2.24) is 5.32 Å². The number of carboxylic acid groups (broad SMARTS) is 1. The van der Waals surface area contributed by atoms with Crippen molar-refractivity contribution >= 4 is 17.8 Å². The summed E-state index contributed by atoms with van der Waals surface area (Å²) in [5.74, 6) is -0.924. The van der Waals surface area contributed by atoms with Crippen molar-refractivity contribution in [2.24, 2.45) is 5.92 Å². The number of aliphatic carboxylic acids is 1. The zero-order valence-electron chi connectivity index (χ0n) is 8.49. The van der Waals surface area contributed by atoms with Crippen LogP contribution >= 0.6 is 0 Å². The number of imide groups is 1. The van der Waals surface area contributed by atoms with E-state index >= 15 is 0 Å². The molecule has 5 nitrogen and oxygen atoms in total. The summed E-state index contributed by atoms with van der Waals surface area (Å²) >= 11 is 0. The number of carbonyl (C=O) groups excluding carboxylic acids is 2. The SMILES string of the molecule is O=C(O)C1CCCC1.O=C1CCC(=O)N1. The fourth-order valence-corrected chi connectivity index (χ4v) is 1.68. The van der Waals surface area contributed by atoms with E-state index in [1.807, 2.05) is 0 Å². The average molecular weight is 213 g/mol. The van der Waals surface area contributed by atoms with Crippen LogP contribution in [-0.2, 0) is 14.4 Å². The van der Waals surface area contributed by atoms with E-state index in [2.05, 4.69) is 5.32 Å². The van der Waals surface area contributed by atoms with Gasteiger partial charge in [-0.25, -0.2) is 0 Å². The first kappa shape index (κ1) is 11.7. The van der Waals surface area contributed by atoms with Gasteiger partial charge in [0, 0.05) is 12.8 Å². The number of hydrogen-bond acceptors (Lipinski definition) is 3. The number of carbonyl (C=O) groups is 3. The number of carboxylic acids is 1. The maximum atomic E-state index is 10.2. The van der Waals surface area contributed by atoms with Crippen molar-refractivity contribution < 1.29 is 19.5 Å². The molecule has 0 aromatic carbocycles. The third-order valence-corrected chi connectivity index (χ3v) is 2.56. The van der Waals surface area contributed by atoms with E-state index in [4.69, 9.17) is 5.11 Å². The number of hydrogen-bond donors (Lipinski definition) is 2. The van der Waals surface area contributed by atoms with Gasteiger partial charge < -0.3 is 5.11 Å². The molecule has 2 fully saturated rings. The first-order valence-electron chi connectivity index (χ1n) is 5.15. The van der Waals surface area contributed by atoms with Crippen molar-refractivity contribution in [2.45, 2.75) is 38.5 Å². The molecule has 1 heterocycles. The predicted octanol–water partition coefficient (Wildman–Crippen LogP) is 0.684. The molecule has 1 saturated carbocycles. The van der Waals surface area contributed by atoms with Gasteiger partial charge in [-0.3, -0.25) is 19.7 Å². The van der Waals surface area contributed by atoms with Crippen LogP contribution in [0, 0.1) is 5.92 Å². The second-order valence-electron chi connectivity index (χ2n) is 3.79. The molecule has 0 spiro atoms. The Morgan fingerprint density at radius 1 is 1.13 bits per heavy atom. The monoisotopic (exact) mass is 213 g/mol. The predicted molar refractivity (Wildman–Crippen MR) is 52.0 cm³/mol. The first-order chi connectivity index (χ1) is 7.09. The van der Waals surface area contributed by atoms with Gasteiger partial charge in [0.2, 0.25) is 11.8 Å². The van der Waals surface area contributed by atoms with Gasteiger partial charge in [-0.05, 0) is 12.8 Å². The van der Waals surface area contributed by atoms with Crippen molar-refractivity contribution in [3.8, 4) is 0 Å². The Morgan fingerprint density at radius 2 is 1.60 bits per heavy atom. The average Bonchev–Trinajstić information content (AvgIpc) is 2.77. The van der Waals surface area contributed by atoms with Gasteiger partial charge >= 0.3 is 5.97 Å². The van der Waals surface area contributed by atoms with E-state index in [0.717, 1.165) is 25.7 Å². The highest BCUT2D eigenvalue weighted by Gasteiger charge is 2.21. The van der Waals surface area contributed by atoms with E-state index < -0.39 is 5.97 Å². The van der Waals surface area contributed by atoms with E-state index in [1.165, 1.54) is 0 Å². The zero-order valence-corrected chi connectivity index (χ0v) is 8.49. The zero-order chi connectivity index (χ0) is 11.3. The number of nitrogens with one attached hydrogen (secondary N) is 1. The molecule has 0 unspecified atom stereocenters. The van der Waals surface area contributed by atoms with Gasteiger partial charge in [-0.1, -0.05) is 12.8 Å². The molecule has 2 rings (SSSR count). The Morgan fingerprint density at radius 3 is 1.80 bits per heavy atom. The van der Waals surface area contributed by atoms with Gasteiger partial charge in [0.1, 0.15) is 0 Å². The highest BCUT2D eigenvalue weighted by molar-refractivity contribution is 6.01. The Labute approximate surface area is 87.8 Å². The van der Waals surface area contributed by atoms with Crippen molar-refractivity contribution in [2.75, 3.05) is 0 Å². The lowest BCUT2D eigenvalue weighted by Crippen LogP contribution is -2.18. The van der Waals surface area contributed by atoms with Crippen LogP contribution < -0.4 is 5.32 Å². The van der Waals surface area contributed by atoms with E-state index in [9.17, 15) is 14.4 Å². The second kappa shape index (κ2) is 5.48. The summed E-state index contributed by atoms with van der Waals surface area (Å²) in [5, 5.41) is 10.6. The summed E-state index contributed by atoms with van der Waals surface area (Å²) in [6.45, 7) is 0. The summed E-state index contributed by atoms with van der Waals surface area (Å²) in [4.78, 5) is 30.4. The molecule has 1 saturated heterocycles.